The molecule has 1 rings (SSSR count). The molecule has 1 saturated carbocycles. The predicted octanol–water partition coefficient (Wildman–Crippen LogP) is 0.631. The number of nitrogens with one attached hydrogen (secondary N) is 2. The van der Waals surface area contributed by atoms with Crippen molar-refractivity contribution in [3.63, 3.8) is 0 Å². The van der Waals surface area contributed by atoms with Crippen LogP contribution in [0.5, 0.6) is 0 Å². The second kappa shape index (κ2) is 3.56. The van der Waals surface area contributed by atoms with Crippen molar-refractivity contribution in [3.8, 4) is 0 Å². The van der Waals surface area contributed by atoms with E-state index < -0.39 is 0 Å². The van der Waals surface area contributed by atoms with Crippen molar-refractivity contribution in [2.75, 3.05) is 0 Å². The normalized spacial score (nSPS) is 15.9. The molecule has 0 saturated heterocycles. The number of hydrogen-bond acceptors (Lipinski definition) is 2. The van der Waals surface area contributed by atoms with Gasteiger partial charge in [-0.1, -0.05) is 0 Å². The van der Waals surface area contributed by atoms with Crippen LogP contribution in [0.2, 0.25) is 0 Å². The lowest BCUT2D eigenvalue weighted by atomic mass is 10.4. The molecule has 1 aliphatic rings. The van der Waals surface area contributed by atoms with Gasteiger partial charge in [-0.05, 0) is 26.7 Å². The first-order valence-electron chi connectivity index (χ1n) is 4.21. The summed E-state index contributed by atoms with van der Waals surface area (Å²) in [6.45, 7) is 3.70. The van der Waals surface area contributed by atoms with Gasteiger partial charge in [0.25, 0.3) is 0 Å². The molecule has 4 heteroatoms. The largest absolute Gasteiger partial charge is 0.336 e. The smallest absolute Gasteiger partial charge is 0.321 e. The summed E-state index contributed by atoms with van der Waals surface area (Å²) in [5.74, 6) is -0.0592. The number of rotatable bonds is 2. The summed E-state index contributed by atoms with van der Waals surface area (Å²) < 4.78 is 0. The van der Waals surface area contributed by atoms with Crippen molar-refractivity contribution >= 4 is 11.9 Å². The van der Waals surface area contributed by atoms with Gasteiger partial charge >= 0.3 is 6.03 Å². The minimum atomic E-state index is -0.387. The third kappa shape index (κ3) is 2.90. The lowest BCUT2D eigenvalue weighted by Crippen LogP contribution is -2.43. The average molecular weight is 170 g/mol. The molecule has 3 amide bonds. The maximum atomic E-state index is 11.0. The molecule has 1 aliphatic carbocycles. The fourth-order valence-electron chi connectivity index (χ4n) is 0.858. The number of carbonyl (C=O) groups is 2. The molecule has 68 valence electrons. The second-order valence-corrected chi connectivity index (χ2v) is 3.39. The Morgan fingerprint density at radius 1 is 1.33 bits per heavy atom. The summed E-state index contributed by atoms with van der Waals surface area (Å²) in [6.07, 6.45) is 1.83. The fraction of sp³-hybridized carbons (Fsp3) is 0.750. The molecule has 0 atom stereocenters. The second-order valence-electron chi connectivity index (χ2n) is 3.39. The van der Waals surface area contributed by atoms with Gasteiger partial charge in [0.15, 0.2) is 0 Å². The molecule has 4 nitrogen and oxygen atoms in total. The highest BCUT2D eigenvalue weighted by molar-refractivity contribution is 5.96. The quantitative estimate of drug-likeness (QED) is 0.638. The molecule has 0 radical (unpaired) electrons. The molecule has 0 spiro atoms. The maximum absolute atomic E-state index is 11.0. The Kier molecular flexibility index (Phi) is 2.68. The summed E-state index contributed by atoms with van der Waals surface area (Å²) in [4.78, 5) is 22.0. The Hall–Kier alpha value is -1.06. The van der Waals surface area contributed by atoms with Crippen LogP contribution in [0.25, 0.3) is 0 Å². The molecule has 0 aromatic rings. The fourth-order valence-corrected chi connectivity index (χ4v) is 0.858. The Bertz CT molecular complexity index is 197. The lowest BCUT2D eigenvalue weighted by molar-refractivity contribution is -0.121. The molecular weight excluding hydrogens is 156 g/mol. The zero-order valence-electron chi connectivity index (χ0n) is 7.39. The summed E-state index contributed by atoms with van der Waals surface area (Å²) >= 11 is 0. The van der Waals surface area contributed by atoms with Crippen molar-refractivity contribution in [1.82, 2.24) is 10.6 Å². The van der Waals surface area contributed by atoms with Crippen LogP contribution in [0.4, 0.5) is 4.79 Å². The minimum absolute atomic E-state index is 0.0667. The van der Waals surface area contributed by atoms with Crippen LogP contribution in [-0.4, -0.2) is 18.0 Å². The highest BCUT2D eigenvalue weighted by atomic mass is 16.2. The molecule has 0 aromatic carbocycles. The first-order chi connectivity index (χ1) is 5.59. The van der Waals surface area contributed by atoms with Gasteiger partial charge < -0.3 is 5.32 Å². The van der Waals surface area contributed by atoms with Crippen LogP contribution in [0.1, 0.15) is 26.7 Å². The summed E-state index contributed by atoms with van der Waals surface area (Å²) in [6, 6.07) is -0.320. The monoisotopic (exact) mass is 170 g/mol. The van der Waals surface area contributed by atoms with Crippen molar-refractivity contribution in [1.29, 1.82) is 0 Å². The molecule has 0 heterocycles. The average Bonchev–Trinajstić information content (AvgIpc) is 2.63. The Morgan fingerprint density at radius 2 is 1.92 bits per heavy atom. The van der Waals surface area contributed by atoms with Crippen LogP contribution in [-0.2, 0) is 4.79 Å². The third-order valence-corrected chi connectivity index (χ3v) is 1.60. The van der Waals surface area contributed by atoms with E-state index in [0.717, 1.165) is 12.8 Å². The van der Waals surface area contributed by atoms with Gasteiger partial charge in [-0.3, -0.25) is 10.1 Å². The highest BCUT2D eigenvalue weighted by Crippen LogP contribution is 2.28. The number of hydrogen-bond donors (Lipinski definition) is 2. The van der Waals surface area contributed by atoms with Crippen LogP contribution in [0, 0.1) is 5.92 Å². The number of amides is 3. The lowest BCUT2D eigenvalue weighted by Gasteiger charge is -2.08. The first kappa shape index (κ1) is 9.03. The van der Waals surface area contributed by atoms with E-state index >= 15 is 0 Å². The van der Waals surface area contributed by atoms with Gasteiger partial charge in [0.05, 0.1) is 0 Å². The SMILES string of the molecule is CC(C)NC(=O)NC(=O)C1CC1. The summed E-state index contributed by atoms with van der Waals surface area (Å²) in [5.41, 5.74) is 0. The van der Waals surface area contributed by atoms with Crippen molar-refractivity contribution in [3.05, 3.63) is 0 Å². The van der Waals surface area contributed by atoms with Gasteiger partial charge in [-0.25, -0.2) is 4.79 Å². The van der Waals surface area contributed by atoms with Gasteiger partial charge in [0.2, 0.25) is 5.91 Å². The zero-order valence-corrected chi connectivity index (χ0v) is 7.39. The van der Waals surface area contributed by atoms with Crippen LogP contribution >= 0.6 is 0 Å². The van der Waals surface area contributed by atoms with Crippen molar-refractivity contribution in [2.45, 2.75) is 32.7 Å². The van der Waals surface area contributed by atoms with Gasteiger partial charge in [0, 0.05) is 12.0 Å². The van der Waals surface area contributed by atoms with E-state index in [1.807, 2.05) is 13.8 Å². The summed E-state index contributed by atoms with van der Waals surface area (Å²) in [7, 11) is 0. The van der Waals surface area contributed by atoms with E-state index in [2.05, 4.69) is 10.6 Å². The maximum Gasteiger partial charge on any atom is 0.321 e. The van der Waals surface area contributed by atoms with E-state index in [0.29, 0.717) is 0 Å². The molecule has 1 fully saturated rings. The van der Waals surface area contributed by atoms with E-state index in [4.69, 9.17) is 0 Å². The molecular formula is C8H14N2O2. The van der Waals surface area contributed by atoms with Crippen molar-refractivity contribution in [2.24, 2.45) is 5.92 Å². The predicted molar refractivity (Wildman–Crippen MR) is 44.5 cm³/mol. The molecule has 2 N–H and O–H groups in total. The Labute approximate surface area is 71.7 Å². The van der Waals surface area contributed by atoms with Crippen molar-refractivity contribution < 1.29 is 9.59 Å². The first-order valence-corrected chi connectivity index (χ1v) is 4.21. The molecule has 0 aromatic heterocycles. The topological polar surface area (TPSA) is 58.2 Å². The number of imide groups is 1. The third-order valence-electron chi connectivity index (χ3n) is 1.60. The van der Waals surface area contributed by atoms with Gasteiger partial charge in [-0.15, -0.1) is 0 Å². The zero-order chi connectivity index (χ0) is 9.14. The molecule has 0 unspecified atom stereocenters. The Balaban J connectivity index is 2.20. The molecule has 0 aliphatic heterocycles. The standard InChI is InChI=1S/C8H14N2O2/c1-5(2)9-8(12)10-7(11)6-3-4-6/h5-6H,3-4H2,1-2H3,(H2,9,10,11,12). The number of carbonyl (C=O) groups excluding carboxylic acids is 2. The van der Waals surface area contributed by atoms with E-state index in [1.54, 1.807) is 0 Å². The van der Waals surface area contributed by atoms with E-state index in [-0.39, 0.29) is 23.9 Å². The van der Waals surface area contributed by atoms with Gasteiger partial charge in [0.1, 0.15) is 0 Å². The van der Waals surface area contributed by atoms with Crippen LogP contribution in [0.15, 0.2) is 0 Å². The van der Waals surface area contributed by atoms with Gasteiger partial charge in [-0.2, -0.15) is 0 Å². The Morgan fingerprint density at radius 3 is 2.33 bits per heavy atom. The summed E-state index contributed by atoms with van der Waals surface area (Å²) in [5, 5.41) is 4.87. The molecule has 12 heavy (non-hydrogen) atoms. The van der Waals surface area contributed by atoms with E-state index in [9.17, 15) is 9.59 Å². The van der Waals surface area contributed by atoms with Crippen LogP contribution in [0.3, 0.4) is 0 Å². The minimum Gasteiger partial charge on any atom is -0.336 e. The highest BCUT2D eigenvalue weighted by Gasteiger charge is 2.30. The molecule has 0 bridgehead atoms. The number of urea groups is 1. The van der Waals surface area contributed by atoms with E-state index in [1.165, 1.54) is 0 Å². The van der Waals surface area contributed by atoms with Crippen LogP contribution < -0.4 is 10.6 Å².